The Morgan fingerprint density at radius 2 is 1.90 bits per heavy atom. The van der Waals surface area contributed by atoms with Crippen molar-refractivity contribution in [2.45, 2.75) is 6.42 Å². The van der Waals surface area contributed by atoms with Gasteiger partial charge in [0.05, 0.1) is 22.3 Å². The molecule has 6 nitrogen and oxygen atoms in total. The standard InChI is InChI=1S/C22H22FN5O/c1-27-8-5-9-28(11-10-27)19-13-18-17(12-15(19)23)24-21(25-18)20-14-6-3-2-4-7-16(14)26-22(20)29/h2-4,6-7,12-13H,5,8-11H2,1H3,(H,24,25)(H,26,29). The van der Waals surface area contributed by atoms with Crippen LogP contribution in [0.2, 0.25) is 0 Å². The number of likely N-dealkylation sites (N-methyl/N-ethyl adjacent to an activating group) is 1. The predicted molar refractivity (Wildman–Crippen MR) is 113 cm³/mol. The number of fused-ring (bicyclic) bond motifs is 2. The third kappa shape index (κ3) is 3.17. The molecule has 3 heterocycles. The first-order valence-corrected chi connectivity index (χ1v) is 9.84. The molecule has 1 saturated heterocycles. The highest BCUT2D eigenvalue weighted by atomic mass is 19.1. The van der Waals surface area contributed by atoms with E-state index in [0.29, 0.717) is 28.1 Å². The summed E-state index contributed by atoms with van der Waals surface area (Å²) in [6.07, 6.45) is 0.992. The van der Waals surface area contributed by atoms with Gasteiger partial charge in [-0.05, 0) is 32.1 Å². The number of aromatic nitrogens is 3. The normalized spacial score (nSPS) is 15.9. The molecule has 7 heteroatoms. The number of nitrogens with zero attached hydrogens (tertiary/aromatic N) is 3. The van der Waals surface area contributed by atoms with Gasteiger partial charge in [-0.25, -0.2) is 9.37 Å². The topological polar surface area (TPSA) is 68.0 Å². The Bertz CT molecular complexity index is 1210. The third-order valence-corrected chi connectivity index (χ3v) is 5.63. The molecule has 2 N–H and O–H groups in total. The van der Waals surface area contributed by atoms with E-state index < -0.39 is 0 Å². The smallest absolute Gasteiger partial charge is 0.260 e. The van der Waals surface area contributed by atoms with Crippen LogP contribution in [0.4, 0.5) is 10.1 Å². The number of anilines is 1. The lowest BCUT2D eigenvalue weighted by Crippen LogP contribution is -2.29. The maximum absolute atomic E-state index is 14.9. The summed E-state index contributed by atoms with van der Waals surface area (Å²) < 4.78 is 14.9. The maximum atomic E-state index is 14.9. The maximum Gasteiger partial charge on any atom is 0.260 e. The molecule has 0 bridgehead atoms. The Morgan fingerprint density at radius 1 is 1.03 bits per heavy atom. The van der Waals surface area contributed by atoms with Crippen LogP contribution in [0.25, 0.3) is 33.7 Å². The second-order valence-corrected chi connectivity index (χ2v) is 7.62. The molecule has 0 unspecified atom stereocenters. The Hall–Kier alpha value is -3.19. The van der Waals surface area contributed by atoms with Crippen LogP contribution in [0.1, 0.15) is 6.42 Å². The van der Waals surface area contributed by atoms with E-state index in [4.69, 9.17) is 0 Å². The largest absolute Gasteiger partial charge is 0.368 e. The Morgan fingerprint density at radius 3 is 2.79 bits per heavy atom. The summed E-state index contributed by atoms with van der Waals surface area (Å²) in [5.41, 5.74) is 3.61. The van der Waals surface area contributed by atoms with Gasteiger partial charge in [0, 0.05) is 37.0 Å². The van der Waals surface area contributed by atoms with Crippen molar-refractivity contribution in [3.63, 3.8) is 0 Å². The Labute approximate surface area is 167 Å². The van der Waals surface area contributed by atoms with Crippen LogP contribution in [0.15, 0.2) is 47.3 Å². The number of benzene rings is 1. The van der Waals surface area contributed by atoms with E-state index in [1.54, 1.807) is 6.07 Å². The molecular weight excluding hydrogens is 369 g/mol. The zero-order valence-electron chi connectivity index (χ0n) is 16.2. The molecule has 5 rings (SSSR count). The minimum absolute atomic E-state index is 0.207. The van der Waals surface area contributed by atoms with Gasteiger partial charge in [-0.3, -0.25) is 4.79 Å². The molecule has 0 saturated carbocycles. The number of halogens is 1. The molecule has 1 aromatic heterocycles. The van der Waals surface area contributed by atoms with Gasteiger partial charge in [-0.1, -0.05) is 24.3 Å². The number of imidazole rings is 1. The minimum atomic E-state index is -0.273. The van der Waals surface area contributed by atoms with E-state index in [-0.39, 0.29) is 11.4 Å². The number of hydrogen-bond donors (Lipinski definition) is 2. The van der Waals surface area contributed by atoms with Crippen molar-refractivity contribution in [3.8, 4) is 22.6 Å². The molecule has 0 atom stereocenters. The minimum Gasteiger partial charge on any atom is -0.368 e. The van der Waals surface area contributed by atoms with Gasteiger partial charge in [0.1, 0.15) is 11.6 Å². The van der Waals surface area contributed by atoms with Crippen LogP contribution in [0.3, 0.4) is 0 Å². The molecule has 2 aromatic rings. The van der Waals surface area contributed by atoms with E-state index in [1.165, 1.54) is 6.07 Å². The van der Waals surface area contributed by atoms with Crippen LogP contribution in [-0.4, -0.2) is 53.1 Å². The lowest BCUT2D eigenvalue weighted by molar-refractivity contribution is 0.360. The van der Waals surface area contributed by atoms with Crippen LogP contribution < -0.4 is 10.5 Å². The molecule has 148 valence electrons. The number of H-pyrrole nitrogens is 2. The van der Waals surface area contributed by atoms with Crippen molar-refractivity contribution in [1.82, 2.24) is 19.9 Å². The summed E-state index contributed by atoms with van der Waals surface area (Å²) in [6, 6.07) is 12.7. The van der Waals surface area contributed by atoms with E-state index >= 15 is 0 Å². The first kappa shape index (κ1) is 17.9. The zero-order valence-corrected chi connectivity index (χ0v) is 16.2. The number of rotatable bonds is 2. The Balaban J connectivity index is 1.59. The van der Waals surface area contributed by atoms with Crippen molar-refractivity contribution in [3.05, 3.63) is 58.6 Å². The highest BCUT2D eigenvalue weighted by Gasteiger charge is 2.21. The van der Waals surface area contributed by atoms with E-state index in [9.17, 15) is 9.18 Å². The first-order valence-electron chi connectivity index (χ1n) is 9.84. The van der Waals surface area contributed by atoms with Crippen molar-refractivity contribution in [2.24, 2.45) is 0 Å². The zero-order chi connectivity index (χ0) is 20.0. The van der Waals surface area contributed by atoms with Crippen LogP contribution in [0, 0.1) is 5.82 Å². The molecule has 0 amide bonds. The van der Waals surface area contributed by atoms with Crippen molar-refractivity contribution in [2.75, 3.05) is 38.1 Å². The first-order chi connectivity index (χ1) is 14.1. The molecule has 0 spiro atoms. The molecule has 29 heavy (non-hydrogen) atoms. The summed E-state index contributed by atoms with van der Waals surface area (Å²) in [6.45, 7) is 3.50. The fourth-order valence-electron chi connectivity index (χ4n) is 4.08. The van der Waals surface area contributed by atoms with Crippen molar-refractivity contribution in [1.29, 1.82) is 0 Å². The average molecular weight is 391 g/mol. The highest BCUT2D eigenvalue weighted by molar-refractivity contribution is 5.87. The summed E-state index contributed by atoms with van der Waals surface area (Å²) in [7, 11) is 2.09. The fraction of sp³-hybridized carbons (Fsp3) is 0.273. The van der Waals surface area contributed by atoms with E-state index in [0.717, 1.165) is 43.9 Å². The second-order valence-electron chi connectivity index (χ2n) is 7.62. The molecule has 1 aliphatic carbocycles. The predicted octanol–water partition coefficient (Wildman–Crippen LogP) is 3.30. The number of nitrogens with one attached hydrogen (secondary N) is 2. The van der Waals surface area contributed by atoms with E-state index in [2.05, 4.69) is 31.8 Å². The number of hydrogen-bond acceptors (Lipinski definition) is 4. The summed E-state index contributed by atoms with van der Waals surface area (Å²) in [5.74, 6) is 0.180. The SMILES string of the molecule is CN1CCCN(c2cc3nc(-c4c5cccccc-5[nH]c4=O)[nH]c3cc2F)CC1. The summed E-state index contributed by atoms with van der Waals surface area (Å²) in [4.78, 5) is 27.6. The molecular formula is C22H22FN5O. The molecule has 2 aliphatic heterocycles. The highest BCUT2D eigenvalue weighted by Crippen LogP contribution is 2.31. The fourth-order valence-corrected chi connectivity index (χ4v) is 4.08. The van der Waals surface area contributed by atoms with Crippen LogP contribution in [0.5, 0.6) is 0 Å². The van der Waals surface area contributed by atoms with Gasteiger partial charge in [-0.15, -0.1) is 0 Å². The summed E-state index contributed by atoms with van der Waals surface area (Å²) >= 11 is 0. The van der Waals surface area contributed by atoms with Crippen LogP contribution in [-0.2, 0) is 0 Å². The van der Waals surface area contributed by atoms with Crippen molar-refractivity contribution >= 4 is 16.7 Å². The number of aromatic amines is 2. The van der Waals surface area contributed by atoms with Gasteiger partial charge in [0.25, 0.3) is 5.56 Å². The average Bonchev–Trinajstić information content (AvgIpc) is 3.03. The lowest BCUT2D eigenvalue weighted by Gasteiger charge is -2.23. The Kier molecular flexibility index (Phi) is 4.32. The second kappa shape index (κ2) is 7.00. The molecule has 1 aromatic carbocycles. The van der Waals surface area contributed by atoms with Gasteiger partial charge in [-0.2, -0.15) is 0 Å². The van der Waals surface area contributed by atoms with Crippen molar-refractivity contribution < 1.29 is 4.39 Å². The van der Waals surface area contributed by atoms with Crippen LogP contribution >= 0.6 is 0 Å². The summed E-state index contributed by atoms with van der Waals surface area (Å²) in [5, 5.41) is 0. The van der Waals surface area contributed by atoms with E-state index in [1.807, 2.05) is 30.3 Å². The molecule has 1 fully saturated rings. The van der Waals surface area contributed by atoms with Gasteiger partial charge in [0.2, 0.25) is 0 Å². The lowest BCUT2D eigenvalue weighted by atomic mass is 10.1. The van der Waals surface area contributed by atoms with Gasteiger partial charge in [0.15, 0.2) is 0 Å². The van der Waals surface area contributed by atoms with Gasteiger partial charge >= 0.3 is 0 Å². The monoisotopic (exact) mass is 391 g/mol. The van der Waals surface area contributed by atoms with Gasteiger partial charge < -0.3 is 19.8 Å². The molecule has 3 aliphatic rings. The molecule has 0 radical (unpaired) electrons. The quantitative estimate of drug-likeness (QED) is 0.550. The third-order valence-electron chi connectivity index (χ3n) is 5.63.